The average molecular weight is 507 g/mol. The summed E-state index contributed by atoms with van der Waals surface area (Å²) in [5, 5.41) is 15.5. The number of amides is 3. The summed E-state index contributed by atoms with van der Waals surface area (Å²) in [6.07, 6.45) is 3.68. The number of aromatic nitrogens is 2. The second-order valence-corrected chi connectivity index (χ2v) is 9.13. The van der Waals surface area contributed by atoms with Crippen LogP contribution in [-0.2, 0) is 16.1 Å². The fraction of sp³-hybridized carbons (Fsp3) is 0.440. The zero-order valence-electron chi connectivity index (χ0n) is 20.9. The average Bonchev–Trinajstić information content (AvgIpc) is 2.90. The van der Waals surface area contributed by atoms with Crippen LogP contribution in [0.1, 0.15) is 34.5 Å². The molecule has 194 valence electrons. The fourth-order valence-electron chi connectivity index (χ4n) is 4.21. The van der Waals surface area contributed by atoms with E-state index >= 15 is 0 Å². The van der Waals surface area contributed by atoms with Crippen LogP contribution >= 0.6 is 0 Å². The Hall–Kier alpha value is -4.08. The predicted molar refractivity (Wildman–Crippen MR) is 136 cm³/mol. The van der Waals surface area contributed by atoms with Crippen LogP contribution in [0, 0.1) is 11.3 Å². The van der Waals surface area contributed by atoms with Gasteiger partial charge in [-0.25, -0.2) is 14.8 Å². The first-order valence-corrected chi connectivity index (χ1v) is 12.1. The van der Waals surface area contributed by atoms with Crippen molar-refractivity contribution in [2.24, 2.45) is 0 Å². The second-order valence-electron chi connectivity index (χ2n) is 9.13. The number of rotatable bonds is 7. The quantitative estimate of drug-likeness (QED) is 0.536. The molecule has 4 rings (SSSR count). The Morgan fingerprint density at radius 1 is 1.32 bits per heavy atom. The van der Waals surface area contributed by atoms with Crippen molar-refractivity contribution >= 4 is 35.5 Å². The molecule has 0 aliphatic carbocycles. The van der Waals surface area contributed by atoms with Gasteiger partial charge in [-0.2, -0.15) is 5.26 Å². The number of anilines is 3. The van der Waals surface area contributed by atoms with Gasteiger partial charge in [0.25, 0.3) is 0 Å². The zero-order valence-corrected chi connectivity index (χ0v) is 20.9. The van der Waals surface area contributed by atoms with Gasteiger partial charge in [0.15, 0.2) is 6.29 Å². The number of nitrogens with zero attached hydrogens (tertiary/aromatic N) is 6. The van der Waals surface area contributed by atoms with E-state index in [1.807, 2.05) is 11.9 Å². The first-order valence-electron chi connectivity index (χ1n) is 12.1. The summed E-state index contributed by atoms with van der Waals surface area (Å²) in [5.74, 6) is 0.528. The lowest BCUT2D eigenvalue weighted by Gasteiger charge is -2.32. The van der Waals surface area contributed by atoms with Crippen LogP contribution in [-0.4, -0.2) is 91.0 Å². The standard InChI is InChI=1S/C25H30N8O4/c1-31-7-8-33(24(35)15-31)14-17-3-4-23(29-21(17)16-34)32(2)25(36)30-22-11-20(18(12-26)13-27-22)28-19-5-9-37-10-6-19/h3-4,11,13,16,19H,5-10,14-15H2,1-2H3,(H2,27,28,30,36). The monoisotopic (exact) mass is 506 g/mol. The van der Waals surface area contributed by atoms with E-state index < -0.39 is 6.03 Å². The molecule has 2 aliphatic rings. The van der Waals surface area contributed by atoms with Crippen LogP contribution in [0.15, 0.2) is 24.4 Å². The van der Waals surface area contributed by atoms with E-state index in [0.29, 0.717) is 49.4 Å². The molecule has 12 nitrogen and oxygen atoms in total. The van der Waals surface area contributed by atoms with E-state index in [9.17, 15) is 19.6 Å². The van der Waals surface area contributed by atoms with Gasteiger partial charge in [-0.05, 0) is 26.0 Å². The van der Waals surface area contributed by atoms with Gasteiger partial charge < -0.3 is 15.0 Å². The number of nitriles is 1. The van der Waals surface area contributed by atoms with Crippen LogP contribution < -0.4 is 15.5 Å². The Morgan fingerprint density at radius 3 is 2.81 bits per heavy atom. The highest BCUT2D eigenvalue weighted by atomic mass is 16.5. The lowest BCUT2D eigenvalue weighted by Crippen LogP contribution is -2.48. The number of carbonyl (C=O) groups excluding carboxylic acids is 3. The molecule has 12 heteroatoms. The number of nitrogens with one attached hydrogen (secondary N) is 2. The maximum Gasteiger partial charge on any atom is 0.328 e. The zero-order chi connectivity index (χ0) is 26.4. The highest BCUT2D eigenvalue weighted by molar-refractivity contribution is 6.00. The van der Waals surface area contributed by atoms with Gasteiger partial charge in [0.2, 0.25) is 5.91 Å². The first kappa shape index (κ1) is 26.0. The van der Waals surface area contributed by atoms with Crippen LogP contribution in [0.5, 0.6) is 0 Å². The highest BCUT2D eigenvalue weighted by Crippen LogP contribution is 2.23. The summed E-state index contributed by atoms with van der Waals surface area (Å²) in [6, 6.07) is 6.73. The third-order valence-electron chi connectivity index (χ3n) is 6.47. The summed E-state index contributed by atoms with van der Waals surface area (Å²) in [4.78, 5) is 50.4. The van der Waals surface area contributed by atoms with E-state index in [1.165, 1.54) is 18.1 Å². The number of hydrogen-bond donors (Lipinski definition) is 2. The third kappa shape index (κ3) is 6.38. The molecule has 0 aromatic carbocycles. The van der Waals surface area contributed by atoms with Gasteiger partial charge in [-0.1, -0.05) is 6.07 Å². The van der Waals surface area contributed by atoms with Crippen LogP contribution in [0.25, 0.3) is 0 Å². The molecule has 2 aromatic heterocycles. The second kappa shape index (κ2) is 11.8. The predicted octanol–water partition coefficient (Wildman–Crippen LogP) is 1.69. The molecule has 4 heterocycles. The lowest BCUT2D eigenvalue weighted by molar-refractivity contribution is -0.136. The number of carbonyl (C=O) groups is 3. The summed E-state index contributed by atoms with van der Waals surface area (Å²) in [6.45, 7) is 3.24. The first-order chi connectivity index (χ1) is 17.9. The molecule has 2 aromatic rings. The number of pyridine rings is 2. The Bertz CT molecular complexity index is 1210. The van der Waals surface area contributed by atoms with Gasteiger partial charge in [-0.15, -0.1) is 0 Å². The molecule has 0 unspecified atom stereocenters. The van der Waals surface area contributed by atoms with Gasteiger partial charge in [-0.3, -0.25) is 24.7 Å². The number of ether oxygens (including phenoxy) is 1. The molecule has 0 atom stereocenters. The third-order valence-corrected chi connectivity index (χ3v) is 6.47. The van der Waals surface area contributed by atoms with Crippen molar-refractivity contribution in [2.75, 3.05) is 62.5 Å². The van der Waals surface area contributed by atoms with E-state index in [0.717, 1.165) is 19.4 Å². The normalized spacial score (nSPS) is 16.7. The maximum absolute atomic E-state index is 12.9. The Morgan fingerprint density at radius 2 is 2.11 bits per heavy atom. The summed E-state index contributed by atoms with van der Waals surface area (Å²) >= 11 is 0. The van der Waals surface area contributed by atoms with Gasteiger partial charge >= 0.3 is 6.03 Å². The molecule has 0 radical (unpaired) electrons. The fourth-order valence-corrected chi connectivity index (χ4v) is 4.21. The minimum absolute atomic E-state index is 0.00762. The molecule has 0 spiro atoms. The molecule has 3 amide bonds. The van der Waals surface area contributed by atoms with Crippen molar-refractivity contribution in [3.05, 3.63) is 41.2 Å². The number of piperazine rings is 1. The minimum atomic E-state index is -0.513. The van der Waals surface area contributed by atoms with Gasteiger partial charge in [0.1, 0.15) is 23.4 Å². The smallest absolute Gasteiger partial charge is 0.328 e. The van der Waals surface area contributed by atoms with Crippen LogP contribution in [0.4, 0.5) is 22.1 Å². The molecule has 37 heavy (non-hydrogen) atoms. The highest BCUT2D eigenvalue weighted by Gasteiger charge is 2.23. The maximum atomic E-state index is 12.9. The number of hydrogen-bond acceptors (Lipinski definition) is 9. The van der Waals surface area contributed by atoms with Gasteiger partial charge in [0.05, 0.1) is 17.8 Å². The molecule has 2 fully saturated rings. The topological polar surface area (TPSA) is 144 Å². The van der Waals surface area contributed by atoms with Crippen molar-refractivity contribution < 1.29 is 19.1 Å². The molecule has 0 bridgehead atoms. The summed E-state index contributed by atoms with van der Waals surface area (Å²) < 4.78 is 5.38. The molecular weight excluding hydrogens is 476 g/mol. The molecule has 2 aliphatic heterocycles. The number of likely N-dealkylation sites (N-methyl/N-ethyl adjacent to an activating group) is 1. The van der Waals surface area contributed by atoms with E-state index in [-0.39, 0.29) is 35.8 Å². The lowest BCUT2D eigenvalue weighted by atomic mass is 10.1. The van der Waals surface area contributed by atoms with Crippen LogP contribution in [0.3, 0.4) is 0 Å². The van der Waals surface area contributed by atoms with E-state index in [4.69, 9.17) is 4.74 Å². The SMILES string of the molecule is CN1CCN(Cc2ccc(N(C)C(=O)Nc3cc(NC4CCOCC4)c(C#N)cn3)nc2C=O)C(=O)C1. The molecule has 2 saturated heterocycles. The molecule has 2 N–H and O–H groups in total. The van der Waals surface area contributed by atoms with Gasteiger partial charge in [0, 0.05) is 63.8 Å². The number of urea groups is 1. The Balaban J connectivity index is 1.44. The largest absolute Gasteiger partial charge is 0.381 e. The number of aldehydes is 1. The minimum Gasteiger partial charge on any atom is -0.381 e. The summed E-state index contributed by atoms with van der Waals surface area (Å²) in [7, 11) is 3.42. The Labute approximate surface area is 215 Å². The van der Waals surface area contributed by atoms with Crippen molar-refractivity contribution in [1.82, 2.24) is 19.8 Å². The Kier molecular flexibility index (Phi) is 8.27. The van der Waals surface area contributed by atoms with E-state index in [2.05, 4.69) is 26.7 Å². The van der Waals surface area contributed by atoms with Crippen molar-refractivity contribution in [3.8, 4) is 6.07 Å². The van der Waals surface area contributed by atoms with E-state index in [1.54, 1.807) is 23.1 Å². The van der Waals surface area contributed by atoms with Crippen molar-refractivity contribution in [3.63, 3.8) is 0 Å². The van der Waals surface area contributed by atoms with Crippen LogP contribution in [0.2, 0.25) is 0 Å². The molecule has 0 saturated carbocycles. The van der Waals surface area contributed by atoms with Crippen molar-refractivity contribution in [2.45, 2.75) is 25.4 Å². The van der Waals surface area contributed by atoms with Crippen molar-refractivity contribution in [1.29, 1.82) is 5.26 Å². The summed E-state index contributed by atoms with van der Waals surface area (Å²) in [5.41, 5.74) is 1.75. The molecular formula is C25H30N8O4.